The number of benzene rings is 5. The number of anilines is 6. The van der Waals surface area contributed by atoms with Gasteiger partial charge in [0.2, 0.25) is 17.2 Å². The third-order valence-electron chi connectivity index (χ3n) is 10.0. The van der Waals surface area contributed by atoms with Crippen molar-refractivity contribution in [3.05, 3.63) is 135 Å². The van der Waals surface area contributed by atoms with Crippen LogP contribution in [0, 0.1) is 0 Å². The molecule has 2 heterocycles. The smallest absolute Gasteiger partial charge is 0.296 e. The first-order valence-corrected chi connectivity index (χ1v) is 24.3. The van der Waals surface area contributed by atoms with Crippen molar-refractivity contribution in [1.29, 1.82) is 0 Å². The number of rotatable bonds is 12. The summed E-state index contributed by atoms with van der Waals surface area (Å²) in [6, 6.07) is 18.6. The van der Waals surface area contributed by atoms with Crippen LogP contribution >= 0.6 is 11.6 Å². The Morgan fingerprint density at radius 3 is 1.79 bits per heavy atom. The third kappa shape index (κ3) is 8.50. The molecule has 7 aromatic rings. The number of carbonyl (C=O) groups is 2. The number of pyridine rings is 1. The van der Waals surface area contributed by atoms with Crippen molar-refractivity contribution >= 4 is 109 Å². The number of nitrogens with one attached hydrogen (secondary N) is 3. The first-order chi connectivity index (χ1) is 30.8. The van der Waals surface area contributed by atoms with Crippen LogP contribution in [-0.4, -0.2) is 83.0 Å². The van der Waals surface area contributed by atoms with Gasteiger partial charge < -0.3 is 20.5 Å². The largest absolute Gasteiger partial charge is 0.354 e. The van der Waals surface area contributed by atoms with Crippen LogP contribution in [0.4, 0.5) is 34.6 Å². The Kier molecular flexibility index (Phi) is 11.1. The number of carbonyl (C=O) groups excluding carboxylic acids is 2. The second-order valence-electron chi connectivity index (χ2n) is 14.1. The lowest BCUT2D eigenvalue weighted by molar-refractivity contribution is 0.102. The molecule has 0 unspecified atom stereocenters. The SMILES string of the molecule is Cn1c(=O)c(C(=O)c2cccc(S(=O)(=O)O)c2)c2c3c(c(Nc4cc(Nc5nc(Cl)nc(Nc6cccc(S(=O)(=O)O)c6)n5)c(S(=O)(=O)O)cc4S(=O)(=O)O)ccc31)C(=O)c1ccccc1-2. The van der Waals surface area contributed by atoms with Gasteiger partial charge in [0.05, 0.1) is 43.5 Å². The van der Waals surface area contributed by atoms with Crippen molar-refractivity contribution in [2.75, 3.05) is 16.0 Å². The van der Waals surface area contributed by atoms with Crippen LogP contribution in [0.3, 0.4) is 0 Å². The molecule has 22 nitrogen and oxygen atoms in total. The quantitative estimate of drug-likeness (QED) is 0.0623. The molecule has 0 radical (unpaired) electrons. The topological polar surface area (TPSA) is 348 Å². The Morgan fingerprint density at radius 2 is 1.17 bits per heavy atom. The number of nitrogens with zero attached hydrogens (tertiary/aromatic N) is 4. The highest BCUT2D eigenvalue weighted by molar-refractivity contribution is 7.87. The third-order valence-corrected chi connectivity index (χ3v) is 13.7. The highest BCUT2D eigenvalue weighted by Crippen LogP contribution is 2.45. The van der Waals surface area contributed by atoms with E-state index in [4.69, 9.17) is 11.6 Å². The molecular weight excluding hydrogens is 970 g/mol. The van der Waals surface area contributed by atoms with Crippen LogP contribution in [0.1, 0.15) is 31.8 Å². The maximum absolute atomic E-state index is 14.6. The maximum atomic E-state index is 14.6. The minimum absolute atomic E-state index is 0.0172. The van der Waals surface area contributed by atoms with E-state index >= 15 is 0 Å². The lowest BCUT2D eigenvalue weighted by Crippen LogP contribution is -2.29. The molecule has 5 aromatic carbocycles. The van der Waals surface area contributed by atoms with Gasteiger partial charge in [0.25, 0.3) is 46.0 Å². The second kappa shape index (κ2) is 16.2. The normalized spacial score (nSPS) is 12.7. The summed E-state index contributed by atoms with van der Waals surface area (Å²) in [5.41, 5.74) is -3.42. The monoisotopic (exact) mass is 995 g/mol. The first-order valence-electron chi connectivity index (χ1n) is 18.2. The van der Waals surface area contributed by atoms with E-state index in [0.29, 0.717) is 6.07 Å². The van der Waals surface area contributed by atoms with E-state index in [1.54, 1.807) is 0 Å². The van der Waals surface area contributed by atoms with Crippen molar-refractivity contribution in [1.82, 2.24) is 19.5 Å². The molecule has 8 rings (SSSR count). The highest BCUT2D eigenvalue weighted by Gasteiger charge is 2.35. The molecule has 0 saturated carbocycles. The fraction of sp³-hybridized carbons (Fsp3) is 0.0256. The summed E-state index contributed by atoms with van der Waals surface area (Å²) >= 11 is 6.12. The summed E-state index contributed by atoms with van der Waals surface area (Å²) in [5.74, 6) is -2.66. The molecule has 2 aromatic heterocycles. The highest BCUT2D eigenvalue weighted by atomic mass is 35.5. The first kappa shape index (κ1) is 45.6. The van der Waals surface area contributed by atoms with Gasteiger partial charge in [-0.15, -0.1) is 0 Å². The Bertz CT molecular complexity index is 3850. The molecule has 1 aliphatic rings. The Labute approximate surface area is 377 Å². The van der Waals surface area contributed by atoms with E-state index in [2.05, 4.69) is 30.9 Å². The van der Waals surface area contributed by atoms with E-state index in [0.717, 1.165) is 34.9 Å². The fourth-order valence-corrected chi connectivity index (χ4v) is 9.80. The Hall–Kier alpha value is -7.01. The number of hydrogen-bond donors (Lipinski definition) is 7. The molecule has 0 aliphatic heterocycles. The minimum atomic E-state index is -5.42. The second-order valence-corrected chi connectivity index (χ2v) is 20.1. The zero-order valence-corrected chi connectivity index (χ0v) is 36.8. The van der Waals surface area contributed by atoms with Crippen molar-refractivity contribution in [3.8, 4) is 11.1 Å². The molecule has 27 heteroatoms. The van der Waals surface area contributed by atoms with Crippen molar-refractivity contribution < 1.29 is 61.5 Å². The molecule has 338 valence electrons. The summed E-state index contributed by atoms with van der Waals surface area (Å²) < 4.78 is 140. The van der Waals surface area contributed by atoms with E-state index in [1.165, 1.54) is 67.7 Å². The molecule has 0 bridgehead atoms. The number of halogens is 1. The number of aryl methyl sites for hydroxylation is 1. The van der Waals surface area contributed by atoms with Crippen molar-refractivity contribution in [2.24, 2.45) is 7.05 Å². The minimum Gasteiger partial charge on any atom is -0.354 e. The molecule has 66 heavy (non-hydrogen) atoms. The zero-order valence-electron chi connectivity index (χ0n) is 32.8. The summed E-state index contributed by atoms with van der Waals surface area (Å²) in [5, 5.41) is 7.26. The van der Waals surface area contributed by atoms with E-state index in [9.17, 15) is 66.3 Å². The van der Waals surface area contributed by atoms with Gasteiger partial charge in [-0.2, -0.15) is 48.6 Å². The van der Waals surface area contributed by atoms with Crippen LogP contribution in [0.5, 0.6) is 0 Å². The average molecular weight is 996 g/mol. The molecule has 0 fully saturated rings. The molecule has 0 atom stereocenters. The summed E-state index contributed by atoms with van der Waals surface area (Å²) in [7, 11) is -18.9. The summed E-state index contributed by atoms with van der Waals surface area (Å²) in [4.78, 5) is 51.4. The zero-order chi connectivity index (χ0) is 47.8. The lowest BCUT2D eigenvalue weighted by Gasteiger charge is -2.26. The van der Waals surface area contributed by atoms with Crippen LogP contribution in [0.25, 0.3) is 22.0 Å². The molecule has 0 amide bonds. The van der Waals surface area contributed by atoms with Gasteiger partial charge in [0.15, 0.2) is 11.6 Å². The maximum Gasteiger partial charge on any atom is 0.296 e. The number of aromatic nitrogens is 4. The number of hydrogen-bond acceptors (Lipinski definition) is 17. The molecule has 1 aliphatic carbocycles. The van der Waals surface area contributed by atoms with Crippen LogP contribution in [0.15, 0.2) is 121 Å². The molecule has 0 saturated heterocycles. The Balaban J connectivity index is 1.31. The van der Waals surface area contributed by atoms with Crippen LogP contribution in [0.2, 0.25) is 5.28 Å². The fourth-order valence-electron chi connectivity index (χ4n) is 7.20. The summed E-state index contributed by atoms with van der Waals surface area (Å²) in [6.45, 7) is 0. The van der Waals surface area contributed by atoms with Gasteiger partial charge in [-0.3, -0.25) is 32.6 Å². The van der Waals surface area contributed by atoms with Gasteiger partial charge in [-0.05, 0) is 71.8 Å². The number of ketones is 2. The predicted octanol–water partition coefficient (Wildman–Crippen LogP) is 5.04. The lowest BCUT2D eigenvalue weighted by atomic mass is 9.80. The van der Waals surface area contributed by atoms with Crippen LogP contribution < -0.4 is 21.5 Å². The van der Waals surface area contributed by atoms with Crippen LogP contribution in [-0.2, 0) is 47.5 Å². The van der Waals surface area contributed by atoms with E-state index in [-0.39, 0.29) is 56.0 Å². The molecular formula is C39H26ClN7O15S4. The summed E-state index contributed by atoms with van der Waals surface area (Å²) in [6.07, 6.45) is 0. The standard InChI is InChI=1S/C39H26ClN7O15S4/c1-47-27-13-12-24(31-32(27)30(22-10-2-3-11-23(22)35(31)49)33(36(47)50)34(48)18-6-4-8-20(14-18)63(51,52)53)42-25-16-26(29(66(60,61)62)17-28(25)65(57,58)59)43-39-45-37(40)44-38(46-39)41-19-7-5-9-21(15-19)64(54,55)56/h2-17,42H,1H3,(H,51,52,53)(H,54,55,56)(H,57,58,59)(H,60,61,62)(H2,41,43,44,45,46). The van der Waals surface area contributed by atoms with Crippen molar-refractivity contribution in [2.45, 2.75) is 19.6 Å². The van der Waals surface area contributed by atoms with Gasteiger partial charge in [-0.1, -0.05) is 42.5 Å². The van der Waals surface area contributed by atoms with E-state index < -0.39 is 105 Å². The average Bonchev–Trinajstić information content (AvgIpc) is 3.22. The van der Waals surface area contributed by atoms with Gasteiger partial charge in [-0.25, -0.2) is 0 Å². The number of fused-ring (bicyclic) bond motifs is 2. The van der Waals surface area contributed by atoms with Crippen molar-refractivity contribution in [3.63, 3.8) is 0 Å². The van der Waals surface area contributed by atoms with Gasteiger partial charge >= 0.3 is 0 Å². The van der Waals surface area contributed by atoms with Gasteiger partial charge in [0.1, 0.15) is 9.79 Å². The van der Waals surface area contributed by atoms with Gasteiger partial charge in [0, 0.05) is 34.8 Å². The predicted molar refractivity (Wildman–Crippen MR) is 235 cm³/mol. The Morgan fingerprint density at radius 1 is 0.591 bits per heavy atom. The molecule has 0 spiro atoms. The van der Waals surface area contributed by atoms with E-state index in [1.807, 2.05) is 0 Å². The molecule has 7 N–H and O–H groups in total.